The lowest BCUT2D eigenvalue weighted by Crippen LogP contribution is -2.37. The molecule has 8 nitrogen and oxygen atoms in total. The van der Waals surface area contributed by atoms with Crippen LogP contribution in [0.3, 0.4) is 0 Å². The average molecular weight is 630 g/mol. The zero-order valence-electron chi connectivity index (χ0n) is 29.1. The molecule has 0 aliphatic heterocycles. The lowest BCUT2D eigenvalue weighted by atomic mass is 9.79. The summed E-state index contributed by atoms with van der Waals surface area (Å²) >= 11 is 0. The minimum Gasteiger partial charge on any atom is -0.756 e. The second-order valence-electron chi connectivity index (χ2n) is 14.9. The van der Waals surface area contributed by atoms with E-state index in [0.29, 0.717) is 23.4 Å². The summed E-state index contributed by atoms with van der Waals surface area (Å²) in [5, 5.41) is 10.5. The van der Waals surface area contributed by atoms with Crippen molar-refractivity contribution < 1.29 is 37.6 Å². The van der Waals surface area contributed by atoms with Crippen molar-refractivity contribution >= 4 is 7.82 Å². The topological polar surface area (TPSA) is 97.3 Å². The predicted octanol–water partition coefficient (Wildman–Crippen LogP) is 7.53. The van der Waals surface area contributed by atoms with Gasteiger partial charge in [0.1, 0.15) is 37.4 Å². The van der Waals surface area contributed by atoms with Gasteiger partial charge < -0.3 is 33.0 Å². The summed E-state index contributed by atoms with van der Waals surface area (Å²) in [6.45, 7) is 15.7. The van der Waals surface area contributed by atoms with Gasteiger partial charge in [0.05, 0.1) is 34.4 Å². The van der Waals surface area contributed by atoms with Gasteiger partial charge in [-0.25, -0.2) is 0 Å². The third kappa shape index (κ3) is 17.8. The van der Waals surface area contributed by atoms with E-state index < -0.39 is 20.5 Å². The average Bonchev–Trinajstić information content (AvgIpc) is 2.87. The van der Waals surface area contributed by atoms with Crippen LogP contribution in [-0.2, 0) is 24.4 Å². The highest BCUT2D eigenvalue weighted by Crippen LogP contribution is 2.42. The lowest BCUT2D eigenvalue weighted by molar-refractivity contribution is -0.870. The van der Waals surface area contributed by atoms with Crippen molar-refractivity contribution in [2.45, 2.75) is 130 Å². The fraction of sp³-hybridized carbons (Fsp3) is 0.824. The molecule has 0 aromatic heterocycles. The Morgan fingerprint density at radius 2 is 1.23 bits per heavy atom. The van der Waals surface area contributed by atoms with Gasteiger partial charge in [0.2, 0.25) is 0 Å². The van der Waals surface area contributed by atoms with Crippen LogP contribution in [0.15, 0.2) is 12.1 Å². The van der Waals surface area contributed by atoms with Gasteiger partial charge >= 0.3 is 0 Å². The SMILES string of the molecule is CCCCCCCCCCCCOc1cc(OCC(O)COP(=O)([O-])OCC[N+](C)(C)C)c(C(C)(C)C)cc1C(C)(C)C. The molecule has 0 saturated carbocycles. The molecule has 0 spiro atoms. The van der Waals surface area contributed by atoms with Crippen LogP contribution >= 0.6 is 7.82 Å². The molecule has 0 saturated heterocycles. The normalized spacial score (nSPS) is 14.9. The third-order valence-electron chi connectivity index (χ3n) is 7.32. The first kappa shape index (κ1) is 39.9. The fourth-order valence-corrected chi connectivity index (χ4v) is 5.35. The Hall–Kier alpha value is -1.15. The number of hydrogen-bond donors (Lipinski definition) is 1. The van der Waals surface area contributed by atoms with Crippen molar-refractivity contribution in [3.05, 3.63) is 23.3 Å². The van der Waals surface area contributed by atoms with Gasteiger partial charge in [0.25, 0.3) is 7.82 Å². The Morgan fingerprint density at radius 1 is 0.744 bits per heavy atom. The number of ether oxygens (including phenoxy) is 2. The van der Waals surface area contributed by atoms with E-state index in [9.17, 15) is 14.6 Å². The summed E-state index contributed by atoms with van der Waals surface area (Å²) in [7, 11) is 1.30. The maximum absolute atomic E-state index is 12.1. The van der Waals surface area contributed by atoms with E-state index in [1.165, 1.54) is 51.4 Å². The third-order valence-corrected chi connectivity index (χ3v) is 8.29. The first-order valence-corrected chi connectivity index (χ1v) is 17.8. The molecular weight excluding hydrogens is 565 g/mol. The van der Waals surface area contributed by atoms with Crippen LogP contribution in [0.4, 0.5) is 0 Å². The van der Waals surface area contributed by atoms with Gasteiger partial charge in [0.15, 0.2) is 0 Å². The summed E-state index contributed by atoms with van der Waals surface area (Å²) in [6.07, 6.45) is 11.5. The summed E-state index contributed by atoms with van der Waals surface area (Å²) in [4.78, 5) is 12.1. The molecule has 0 amide bonds. The van der Waals surface area contributed by atoms with Crippen molar-refractivity contribution in [3.8, 4) is 11.5 Å². The fourth-order valence-electron chi connectivity index (χ4n) is 4.62. The number of likely N-dealkylation sites (N-methyl/N-ethyl adjacent to an activating group) is 1. The zero-order chi connectivity index (χ0) is 32.7. The highest BCUT2D eigenvalue weighted by atomic mass is 31.2. The van der Waals surface area contributed by atoms with E-state index in [4.69, 9.17) is 18.5 Å². The molecular formula is C34H64NO7P. The number of hydrogen-bond acceptors (Lipinski definition) is 7. The predicted molar refractivity (Wildman–Crippen MR) is 175 cm³/mol. The summed E-state index contributed by atoms with van der Waals surface area (Å²) in [5.41, 5.74) is 1.74. The highest BCUT2D eigenvalue weighted by Gasteiger charge is 2.27. The van der Waals surface area contributed by atoms with E-state index in [-0.39, 0.29) is 24.0 Å². The number of phosphoric acid groups is 1. The van der Waals surface area contributed by atoms with E-state index >= 15 is 0 Å². The summed E-state index contributed by atoms with van der Waals surface area (Å²) in [6, 6.07) is 4.08. The Labute approximate surface area is 263 Å². The maximum Gasteiger partial charge on any atom is 0.268 e. The van der Waals surface area contributed by atoms with Gasteiger partial charge in [-0.05, 0) is 23.3 Å². The molecule has 0 aliphatic rings. The molecule has 1 rings (SSSR count). The van der Waals surface area contributed by atoms with Gasteiger partial charge in [-0.1, -0.05) is 106 Å². The summed E-state index contributed by atoms with van der Waals surface area (Å²) < 4.78 is 34.9. The minimum absolute atomic E-state index is 0.00778. The molecule has 43 heavy (non-hydrogen) atoms. The second kappa shape index (κ2) is 18.7. The van der Waals surface area contributed by atoms with Crippen molar-refractivity contribution in [2.24, 2.45) is 0 Å². The number of rotatable bonds is 22. The summed E-state index contributed by atoms with van der Waals surface area (Å²) in [5.74, 6) is 1.40. The van der Waals surface area contributed by atoms with Crippen LogP contribution in [0.2, 0.25) is 0 Å². The first-order valence-electron chi connectivity index (χ1n) is 16.4. The Kier molecular flexibility index (Phi) is 17.4. The molecule has 0 fully saturated rings. The smallest absolute Gasteiger partial charge is 0.268 e. The lowest BCUT2D eigenvalue weighted by Gasteiger charge is -2.30. The number of aliphatic hydroxyl groups is 1. The van der Waals surface area contributed by atoms with Crippen LogP contribution in [0.5, 0.6) is 11.5 Å². The zero-order valence-corrected chi connectivity index (χ0v) is 30.0. The largest absolute Gasteiger partial charge is 0.756 e. The molecule has 0 bridgehead atoms. The highest BCUT2D eigenvalue weighted by molar-refractivity contribution is 7.45. The molecule has 0 radical (unpaired) electrons. The first-order chi connectivity index (χ1) is 19.9. The monoisotopic (exact) mass is 629 g/mol. The number of phosphoric ester groups is 1. The standard InChI is InChI=1S/C34H64NO7P/c1-11-12-13-14-15-16-17-18-19-20-22-39-31-25-32(30(34(5,6)7)24-29(31)33(2,3)4)40-26-28(36)27-42-43(37,38)41-23-21-35(8,9)10/h24-25,28,36H,11-23,26-27H2,1-10H3. The van der Waals surface area contributed by atoms with E-state index in [1.807, 2.05) is 27.2 Å². The molecule has 2 unspecified atom stereocenters. The van der Waals surface area contributed by atoms with Gasteiger partial charge in [-0.3, -0.25) is 4.57 Å². The van der Waals surface area contributed by atoms with E-state index in [1.54, 1.807) is 0 Å². The van der Waals surface area contributed by atoms with Crippen LogP contribution in [0.1, 0.15) is 124 Å². The number of benzene rings is 1. The second-order valence-corrected chi connectivity index (χ2v) is 16.3. The Bertz CT molecular complexity index is 963. The molecule has 252 valence electrons. The number of unbranched alkanes of at least 4 members (excludes halogenated alkanes) is 9. The van der Waals surface area contributed by atoms with Crippen molar-refractivity contribution in [1.29, 1.82) is 0 Å². The van der Waals surface area contributed by atoms with Crippen LogP contribution in [-0.4, -0.2) is 69.8 Å². The minimum atomic E-state index is -4.52. The molecule has 2 atom stereocenters. The molecule has 0 heterocycles. The molecule has 1 aromatic carbocycles. The van der Waals surface area contributed by atoms with Gasteiger partial charge in [-0.15, -0.1) is 0 Å². The molecule has 1 N–H and O–H groups in total. The Morgan fingerprint density at radius 3 is 1.72 bits per heavy atom. The molecule has 0 aliphatic carbocycles. The van der Waals surface area contributed by atoms with Gasteiger partial charge in [0, 0.05) is 17.2 Å². The molecule has 9 heteroatoms. The number of aliphatic hydroxyl groups excluding tert-OH is 1. The van der Waals surface area contributed by atoms with E-state index in [0.717, 1.165) is 29.7 Å². The van der Waals surface area contributed by atoms with Crippen LogP contribution in [0.25, 0.3) is 0 Å². The van der Waals surface area contributed by atoms with Crippen LogP contribution < -0.4 is 14.4 Å². The van der Waals surface area contributed by atoms with Gasteiger partial charge in [-0.2, -0.15) is 0 Å². The number of nitrogens with zero attached hydrogens (tertiary/aromatic N) is 1. The Balaban J connectivity index is 2.79. The van der Waals surface area contributed by atoms with Crippen molar-refractivity contribution in [1.82, 2.24) is 0 Å². The van der Waals surface area contributed by atoms with Crippen LogP contribution in [0, 0.1) is 0 Å². The maximum atomic E-state index is 12.1. The molecule has 1 aromatic rings. The van der Waals surface area contributed by atoms with E-state index in [2.05, 4.69) is 54.5 Å². The number of quaternary nitrogens is 1. The quantitative estimate of drug-likeness (QED) is 0.0805. The van der Waals surface area contributed by atoms with Crippen molar-refractivity contribution in [3.63, 3.8) is 0 Å². The van der Waals surface area contributed by atoms with Crippen molar-refractivity contribution in [2.75, 3.05) is 54.1 Å².